The zero-order valence-electron chi connectivity index (χ0n) is 15.1. The van der Waals surface area contributed by atoms with E-state index < -0.39 is 0 Å². The number of ketones is 1. The Morgan fingerprint density at radius 2 is 1.68 bits per heavy atom. The molecule has 1 saturated heterocycles. The van der Waals surface area contributed by atoms with Crippen LogP contribution in [0, 0.1) is 13.8 Å². The number of aryl methyl sites for hydroxylation is 1. The maximum absolute atomic E-state index is 12.8. The molecule has 1 aromatic carbocycles. The van der Waals surface area contributed by atoms with Gasteiger partial charge in [-0.2, -0.15) is 0 Å². The fourth-order valence-corrected chi connectivity index (χ4v) is 3.60. The van der Waals surface area contributed by atoms with Crippen molar-refractivity contribution in [1.29, 1.82) is 0 Å². The van der Waals surface area contributed by atoms with Gasteiger partial charge in [0.2, 0.25) is 0 Å². The van der Waals surface area contributed by atoms with Gasteiger partial charge in [-0.25, -0.2) is 0 Å². The van der Waals surface area contributed by atoms with Crippen LogP contribution < -0.4 is 0 Å². The van der Waals surface area contributed by atoms with Gasteiger partial charge < -0.3 is 9.88 Å². The maximum Gasteiger partial charge on any atom is 0.270 e. The second-order valence-electron chi connectivity index (χ2n) is 6.74. The molecular formula is C20H25N3O2. The fraction of sp³-hybridized carbons (Fsp3) is 0.400. The van der Waals surface area contributed by atoms with Gasteiger partial charge in [0.25, 0.3) is 5.91 Å². The monoisotopic (exact) mass is 339 g/mol. The molecule has 5 heteroatoms. The van der Waals surface area contributed by atoms with Crippen molar-refractivity contribution >= 4 is 11.7 Å². The van der Waals surface area contributed by atoms with Gasteiger partial charge in [0.1, 0.15) is 5.69 Å². The molecule has 132 valence electrons. The third kappa shape index (κ3) is 3.66. The number of amides is 1. The molecule has 1 amide bonds. The number of aromatic amines is 1. The normalized spacial score (nSPS) is 15.4. The molecule has 25 heavy (non-hydrogen) atoms. The minimum atomic E-state index is -0.00698. The van der Waals surface area contributed by atoms with Crippen LogP contribution in [-0.4, -0.2) is 52.7 Å². The lowest BCUT2D eigenvalue weighted by Gasteiger charge is -2.34. The van der Waals surface area contributed by atoms with Gasteiger partial charge in [0, 0.05) is 44.0 Å². The van der Waals surface area contributed by atoms with Gasteiger partial charge in [-0.1, -0.05) is 30.3 Å². The number of piperazine rings is 1. The molecule has 1 aliphatic rings. The van der Waals surface area contributed by atoms with Crippen molar-refractivity contribution in [2.45, 2.75) is 27.3 Å². The molecule has 0 bridgehead atoms. The summed E-state index contributed by atoms with van der Waals surface area (Å²) in [5.74, 6) is -0.00885. The first-order valence-electron chi connectivity index (χ1n) is 8.73. The molecule has 5 nitrogen and oxygen atoms in total. The van der Waals surface area contributed by atoms with Crippen molar-refractivity contribution in [1.82, 2.24) is 14.8 Å². The summed E-state index contributed by atoms with van der Waals surface area (Å²) < 4.78 is 0. The second kappa shape index (κ2) is 7.23. The fourth-order valence-electron chi connectivity index (χ4n) is 3.60. The van der Waals surface area contributed by atoms with Gasteiger partial charge >= 0.3 is 0 Å². The minimum Gasteiger partial charge on any atom is -0.354 e. The zero-order valence-corrected chi connectivity index (χ0v) is 15.1. The van der Waals surface area contributed by atoms with E-state index in [1.807, 2.05) is 24.8 Å². The van der Waals surface area contributed by atoms with Crippen molar-refractivity contribution in [2.75, 3.05) is 26.2 Å². The van der Waals surface area contributed by atoms with Crippen LogP contribution in [0.5, 0.6) is 0 Å². The van der Waals surface area contributed by atoms with Gasteiger partial charge in [0.05, 0.1) is 0 Å². The Labute approximate surface area is 148 Å². The quantitative estimate of drug-likeness (QED) is 0.872. The summed E-state index contributed by atoms with van der Waals surface area (Å²) in [6, 6.07) is 10.4. The van der Waals surface area contributed by atoms with E-state index in [1.165, 1.54) is 5.56 Å². The Morgan fingerprint density at radius 3 is 2.24 bits per heavy atom. The van der Waals surface area contributed by atoms with Crippen LogP contribution in [0.2, 0.25) is 0 Å². The van der Waals surface area contributed by atoms with E-state index in [0.29, 0.717) is 24.3 Å². The topological polar surface area (TPSA) is 56.4 Å². The average Bonchev–Trinajstić information content (AvgIpc) is 2.90. The predicted octanol–water partition coefficient (Wildman–Crippen LogP) is 2.79. The van der Waals surface area contributed by atoms with Crippen LogP contribution in [0.4, 0.5) is 0 Å². The predicted molar refractivity (Wildman–Crippen MR) is 97.9 cm³/mol. The number of nitrogens with zero attached hydrogens (tertiary/aromatic N) is 2. The first-order chi connectivity index (χ1) is 12.0. The highest BCUT2D eigenvalue weighted by Gasteiger charge is 2.26. The van der Waals surface area contributed by atoms with E-state index in [4.69, 9.17) is 0 Å². The summed E-state index contributed by atoms with van der Waals surface area (Å²) in [6.45, 7) is 9.28. The van der Waals surface area contributed by atoms with Crippen molar-refractivity contribution in [3.8, 4) is 0 Å². The molecule has 0 spiro atoms. The Balaban J connectivity index is 1.64. The summed E-state index contributed by atoms with van der Waals surface area (Å²) in [5, 5.41) is 0. The Hall–Kier alpha value is -2.40. The number of Topliss-reactive ketones (excluding diaryl/α,β-unsaturated/α-hetero) is 1. The summed E-state index contributed by atoms with van der Waals surface area (Å²) in [7, 11) is 0. The third-order valence-electron chi connectivity index (χ3n) is 4.91. The molecule has 2 aromatic rings. The van der Waals surface area contributed by atoms with Crippen LogP contribution in [0.15, 0.2) is 30.3 Å². The van der Waals surface area contributed by atoms with Crippen LogP contribution in [0.3, 0.4) is 0 Å². The summed E-state index contributed by atoms with van der Waals surface area (Å²) in [4.78, 5) is 32.0. The Morgan fingerprint density at radius 1 is 1.04 bits per heavy atom. The molecule has 1 aliphatic heterocycles. The highest BCUT2D eigenvalue weighted by atomic mass is 16.2. The molecule has 1 N–H and O–H groups in total. The number of aromatic nitrogens is 1. The first-order valence-corrected chi connectivity index (χ1v) is 8.73. The van der Waals surface area contributed by atoms with Crippen LogP contribution >= 0.6 is 0 Å². The number of hydrogen-bond acceptors (Lipinski definition) is 3. The minimum absolute atomic E-state index is 0.00187. The lowest BCUT2D eigenvalue weighted by Crippen LogP contribution is -2.48. The summed E-state index contributed by atoms with van der Waals surface area (Å²) in [5.41, 5.74) is 4.03. The first kappa shape index (κ1) is 17.4. The number of nitrogens with one attached hydrogen (secondary N) is 1. The molecular weight excluding hydrogens is 314 g/mol. The highest BCUT2D eigenvalue weighted by molar-refractivity contribution is 6.02. The summed E-state index contributed by atoms with van der Waals surface area (Å²) >= 11 is 0. The lowest BCUT2D eigenvalue weighted by molar-refractivity contribution is 0.0622. The maximum atomic E-state index is 12.8. The van der Waals surface area contributed by atoms with E-state index in [2.05, 4.69) is 34.1 Å². The molecule has 0 aliphatic carbocycles. The summed E-state index contributed by atoms with van der Waals surface area (Å²) in [6.07, 6.45) is 0. The van der Waals surface area contributed by atoms with Gasteiger partial charge in [0.15, 0.2) is 5.78 Å². The largest absolute Gasteiger partial charge is 0.354 e. The van der Waals surface area contributed by atoms with Crippen molar-refractivity contribution in [3.05, 3.63) is 58.4 Å². The Bertz CT molecular complexity index is 772. The Kier molecular flexibility index (Phi) is 5.04. The number of benzene rings is 1. The molecule has 0 atom stereocenters. The molecule has 0 saturated carbocycles. The SMILES string of the molecule is CC(=O)c1c(C)[nH]c(C(=O)N2CCN(Cc3ccccc3)CC2)c1C. The van der Waals surface area contributed by atoms with Crippen molar-refractivity contribution < 1.29 is 9.59 Å². The smallest absolute Gasteiger partial charge is 0.270 e. The third-order valence-corrected chi connectivity index (χ3v) is 4.91. The highest BCUT2D eigenvalue weighted by Crippen LogP contribution is 2.20. The average molecular weight is 339 g/mol. The van der Waals surface area contributed by atoms with Crippen LogP contribution in [0.1, 0.15) is 44.6 Å². The van der Waals surface area contributed by atoms with Crippen LogP contribution in [-0.2, 0) is 6.54 Å². The molecule has 0 unspecified atom stereocenters. The van der Waals surface area contributed by atoms with Crippen molar-refractivity contribution in [3.63, 3.8) is 0 Å². The van der Waals surface area contributed by atoms with E-state index >= 15 is 0 Å². The molecule has 2 heterocycles. The molecule has 0 radical (unpaired) electrons. The molecule has 1 fully saturated rings. The zero-order chi connectivity index (χ0) is 18.0. The number of rotatable bonds is 4. The van der Waals surface area contributed by atoms with E-state index in [9.17, 15) is 9.59 Å². The standard InChI is InChI=1S/C20H25N3O2/c1-14-18(16(3)24)15(2)21-19(14)20(25)23-11-9-22(10-12-23)13-17-7-5-4-6-8-17/h4-8,21H,9-13H2,1-3H3. The number of hydrogen-bond donors (Lipinski definition) is 1. The van der Waals surface area contributed by atoms with Gasteiger partial charge in [-0.3, -0.25) is 14.5 Å². The second-order valence-corrected chi connectivity index (χ2v) is 6.74. The van der Waals surface area contributed by atoms with Crippen molar-refractivity contribution in [2.24, 2.45) is 0 Å². The number of carbonyl (C=O) groups is 2. The molecule has 1 aromatic heterocycles. The number of H-pyrrole nitrogens is 1. The van der Waals surface area contributed by atoms with Gasteiger partial charge in [-0.05, 0) is 31.9 Å². The van der Waals surface area contributed by atoms with Gasteiger partial charge in [-0.15, -0.1) is 0 Å². The van der Waals surface area contributed by atoms with Crippen LogP contribution in [0.25, 0.3) is 0 Å². The molecule has 3 rings (SSSR count). The number of carbonyl (C=O) groups excluding carboxylic acids is 2. The van der Waals surface area contributed by atoms with E-state index in [1.54, 1.807) is 6.92 Å². The van der Waals surface area contributed by atoms with E-state index in [-0.39, 0.29) is 11.7 Å². The van der Waals surface area contributed by atoms with E-state index in [0.717, 1.165) is 30.9 Å². The lowest BCUT2D eigenvalue weighted by atomic mass is 10.1.